The first-order valence-electron chi connectivity index (χ1n) is 13.7. The molecule has 5 rings (SSSR count). The molecule has 2 N–H and O–H groups in total. The topological polar surface area (TPSA) is 82.3 Å². The van der Waals surface area contributed by atoms with Crippen LogP contribution in [0.1, 0.15) is 64.0 Å². The van der Waals surface area contributed by atoms with Gasteiger partial charge in [0.15, 0.2) is 5.65 Å². The van der Waals surface area contributed by atoms with Crippen LogP contribution in [0.2, 0.25) is 0 Å². The molecule has 1 saturated carbocycles. The van der Waals surface area contributed by atoms with Gasteiger partial charge >= 0.3 is 0 Å². The number of hydrogen-bond donors (Lipinski definition) is 2. The van der Waals surface area contributed by atoms with E-state index in [2.05, 4.69) is 69.9 Å². The number of aliphatic hydroxyl groups excluding tert-OH is 1. The van der Waals surface area contributed by atoms with Gasteiger partial charge in [0.2, 0.25) is 5.95 Å². The number of aliphatic hydroxyl groups is 1. The fraction of sp³-hybridized carbons (Fsp3) is 0.607. The Balaban J connectivity index is 1.42. The lowest BCUT2D eigenvalue weighted by atomic mass is 9.93. The van der Waals surface area contributed by atoms with Gasteiger partial charge < -0.3 is 15.3 Å². The second-order valence-electron chi connectivity index (χ2n) is 10.8. The number of rotatable bonds is 8. The quantitative estimate of drug-likeness (QED) is 0.486. The first kappa shape index (κ1) is 25.1. The number of likely N-dealkylation sites (N-methyl/N-ethyl adjacent to an activating group) is 1. The van der Waals surface area contributed by atoms with Gasteiger partial charge in [-0.25, -0.2) is 9.67 Å². The molecule has 1 aliphatic carbocycles. The average molecular weight is 492 g/mol. The second kappa shape index (κ2) is 11.2. The number of fused-ring (bicyclic) bond motifs is 1. The van der Waals surface area contributed by atoms with Gasteiger partial charge in [0, 0.05) is 50.5 Å². The molecule has 0 spiro atoms. The Morgan fingerprint density at radius 2 is 1.78 bits per heavy atom. The number of aromatic nitrogens is 4. The molecule has 0 amide bonds. The van der Waals surface area contributed by atoms with E-state index in [0.717, 1.165) is 93.5 Å². The zero-order valence-electron chi connectivity index (χ0n) is 22.0. The minimum atomic E-state index is -0.197. The van der Waals surface area contributed by atoms with Gasteiger partial charge in [-0.05, 0) is 51.6 Å². The first-order chi connectivity index (χ1) is 17.5. The summed E-state index contributed by atoms with van der Waals surface area (Å²) in [7, 11) is 2.19. The molecule has 0 bridgehead atoms. The maximum atomic E-state index is 10.0. The van der Waals surface area contributed by atoms with Crippen molar-refractivity contribution in [1.82, 2.24) is 29.5 Å². The van der Waals surface area contributed by atoms with Crippen molar-refractivity contribution in [3.05, 3.63) is 36.0 Å². The van der Waals surface area contributed by atoms with Crippen molar-refractivity contribution in [3.8, 4) is 11.3 Å². The Morgan fingerprint density at radius 1 is 1.06 bits per heavy atom. The third-order valence-electron chi connectivity index (χ3n) is 7.79. The highest BCUT2D eigenvalue weighted by Crippen LogP contribution is 2.34. The van der Waals surface area contributed by atoms with Crippen molar-refractivity contribution < 1.29 is 5.11 Å². The summed E-state index contributed by atoms with van der Waals surface area (Å²) in [5, 5.41) is 19.6. The SMILES string of the molecule is CCC[C@@H](C)Nc1ncc2c(-c3ccc(CN4CCN(C)CC4)cc3)nn(C3CCC(O)CC3)c2n1. The predicted molar refractivity (Wildman–Crippen MR) is 145 cm³/mol. The lowest BCUT2D eigenvalue weighted by molar-refractivity contribution is 0.109. The van der Waals surface area contributed by atoms with Crippen LogP contribution in [0.4, 0.5) is 5.95 Å². The Labute approximate surface area is 214 Å². The molecule has 2 aliphatic rings. The van der Waals surface area contributed by atoms with E-state index < -0.39 is 0 Å². The summed E-state index contributed by atoms with van der Waals surface area (Å²) < 4.78 is 2.10. The summed E-state index contributed by atoms with van der Waals surface area (Å²) in [5.41, 5.74) is 4.26. The van der Waals surface area contributed by atoms with Gasteiger partial charge in [0.25, 0.3) is 0 Å². The van der Waals surface area contributed by atoms with Crippen molar-refractivity contribution >= 4 is 17.0 Å². The summed E-state index contributed by atoms with van der Waals surface area (Å²) in [5.74, 6) is 0.662. The minimum Gasteiger partial charge on any atom is -0.393 e. The summed E-state index contributed by atoms with van der Waals surface area (Å²) >= 11 is 0. The molecule has 1 atom stereocenters. The largest absolute Gasteiger partial charge is 0.393 e. The molecule has 1 saturated heterocycles. The van der Waals surface area contributed by atoms with Gasteiger partial charge in [0.05, 0.1) is 17.5 Å². The molecule has 36 heavy (non-hydrogen) atoms. The smallest absolute Gasteiger partial charge is 0.224 e. The normalized spacial score (nSPS) is 22.7. The van der Waals surface area contributed by atoms with Gasteiger partial charge in [-0.15, -0.1) is 0 Å². The molecule has 194 valence electrons. The van der Waals surface area contributed by atoms with Gasteiger partial charge in [0.1, 0.15) is 5.69 Å². The number of piperazine rings is 1. The van der Waals surface area contributed by atoms with E-state index in [1.165, 1.54) is 5.56 Å². The Morgan fingerprint density at radius 3 is 2.47 bits per heavy atom. The molecule has 0 unspecified atom stereocenters. The van der Waals surface area contributed by atoms with E-state index in [9.17, 15) is 5.11 Å². The van der Waals surface area contributed by atoms with E-state index in [1.807, 2.05) is 6.20 Å². The van der Waals surface area contributed by atoms with E-state index in [1.54, 1.807) is 0 Å². The van der Waals surface area contributed by atoms with E-state index in [0.29, 0.717) is 12.0 Å². The Kier molecular flexibility index (Phi) is 7.84. The van der Waals surface area contributed by atoms with Crippen molar-refractivity contribution in [2.75, 3.05) is 38.5 Å². The maximum absolute atomic E-state index is 10.0. The summed E-state index contributed by atoms with van der Waals surface area (Å²) in [4.78, 5) is 14.5. The average Bonchev–Trinajstić information content (AvgIpc) is 3.25. The van der Waals surface area contributed by atoms with Crippen LogP contribution in [0, 0.1) is 0 Å². The zero-order chi connectivity index (χ0) is 25.1. The van der Waals surface area contributed by atoms with Crippen LogP contribution < -0.4 is 5.32 Å². The lowest BCUT2D eigenvalue weighted by Crippen LogP contribution is -2.43. The third-order valence-corrected chi connectivity index (χ3v) is 7.79. The second-order valence-corrected chi connectivity index (χ2v) is 10.8. The van der Waals surface area contributed by atoms with Crippen LogP contribution in [0.25, 0.3) is 22.3 Å². The Hall–Kier alpha value is -2.55. The Bertz CT molecular complexity index is 1130. The molecule has 8 heteroatoms. The van der Waals surface area contributed by atoms with Gasteiger partial charge in [-0.3, -0.25) is 4.90 Å². The van der Waals surface area contributed by atoms with Crippen LogP contribution in [0.15, 0.2) is 30.5 Å². The summed E-state index contributed by atoms with van der Waals surface area (Å²) in [6.45, 7) is 9.86. The number of hydrogen-bond acceptors (Lipinski definition) is 7. The molecule has 8 nitrogen and oxygen atoms in total. The van der Waals surface area contributed by atoms with Crippen LogP contribution in [0.5, 0.6) is 0 Å². The highest BCUT2D eigenvalue weighted by molar-refractivity contribution is 5.91. The van der Waals surface area contributed by atoms with Crippen LogP contribution >= 0.6 is 0 Å². The summed E-state index contributed by atoms with van der Waals surface area (Å²) in [6.07, 6.45) is 7.38. The maximum Gasteiger partial charge on any atom is 0.224 e. The van der Waals surface area contributed by atoms with Crippen molar-refractivity contribution in [3.63, 3.8) is 0 Å². The predicted octanol–water partition coefficient (Wildman–Crippen LogP) is 4.32. The van der Waals surface area contributed by atoms with Crippen molar-refractivity contribution in [2.45, 2.75) is 77.1 Å². The fourth-order valence-corrected chi connectivity index (χ4v) is 5.52. The van der Waals surface area contributed by atoms with E-state index in [4.69, 9.17) is 10.1 Å². The molecule has 2 aromatic heterocycles. The molecule has 3 heterocycles. The number of nitrogens with zero attached hydrogens (tertiary/aromatic N) is 6. The minimum absolute atomic E-state index is 0.197. The van der Waals surface area contributed by atoms with Gasteiger partial charge in [-0.1, -0.05) is 37.6 Å². The summed E-state index contributed by atoms with van der Waals surface area (Å²) in [6, 6.07) is 9.42. The standard InChI is InChI=1S/C28H41N7O/c1-4-5-20(2)30-28-29-18-25-26(32-35(27(25)31-28)23-10-12-24(36)13-11-23)22-8-6-21(7-9-22)19-34-16-14-33(3)15-17-34/h6-9,18,20,23-24,36H,4-5,10-17,19H2,1-3H3,(H,29,30,31)/t20-,23?,24?/m1/s1. The molecule has 1 aromatic carbocycles. The number of anilines is 1. The third kappa shape index (κ3) is 5.71. The molecule has 1 aliphatic heterocycles. The number of benzene rings is 1. The molecular formula is C28H41N7O. The monoisotopic (exact) mass is 491 g/mol. The lowest BCUT2D eigenvalue weighted by Gasteiger charge is -2.32. The molecule has 2 fully saturated rings. The molecule has 0 radical (unpaired) electrons. The highest BCUT2D eigenvalue weighted by atomic mass is 16.3. The zero-order valence-corrected chi connectivity index (χ0v) is 22.0. The van der Waals surface area contributed by atoms with Gasteiger partial charge in [-0.2, -0.15) is 10.1 Å². The van der Waals surface area contributed by atoms with Crippen LogP contribution in [0.3, 0.4) is 0 Å². The van der Waals surface area contributed by atoms with Crippen molar-refractivity contribution in [1.29, 1.82) is 0 Å². The fourth-order valence-electron chi connectivity index (χ4n) is 5.52. The van der Waals surface area contributed by atoms with E-state index in [-0.39, 0.29) is 12.1 Å². The number of nitrogens with one attached hydrogen (secondary N) is 1. The molecular weight excluding hydrogens is 450 g/mol. The van der Waals surface area contributed by atoms with Crippen molar-refractivity contribution in [2.24, 2.45) is 0 Å². The van der Waals surface area contributed by atoms with Crippen LogP contribution in [-0.2, 0) is 6.54 Å². The molecule has 3 aromatic rings. The first-order valence-corrected chi connectivity index (χ1v) is 13.7. The highest BCUT2D eigenvalue weighted by Gasteiger charge is 2.26. The van der Waals surface area contributed by atoms with Crippen LogP contribution in [-0.4, -0.2) is 80.0 Å². The van der Waals surface area contributed by atoms with E-state index >= 15 is 0 Å².